The molecule has 0 radical (unpaired) electrons. The molecule has 0 aliphatic carbocycles. The molecule has 1 N–H and O–H groups in total. The summed E-state index contributed by atoms with van der Waals surface area (Å²) >= 11 is 3.72. The molecular weight excluding hydrogens is 206 g/mol. The van der Waals surface area contributed by atoms with E-state index in [9.17, 15) is 14.7 Å². The van der Waals surface area contributed by atoms with Crippen LogP contribution in [0.5, 0.6) is 0 Å². The molecule has 0 amide bonds. The smallest absolute Gasteiger partial charge is 0.337 e. The van der Waals surface area contributed by atoms with Gasteiger partial charge >= 0.3 is 5.97 Å². The summed E-state index contributed by atoms with van der Waals surface area (Å²) in [5, 5.41) is 9.24. The van der Waals surface area contributed by atoms with Crippen molar-refractivity contribution in [2.75, 3.05) is 13.2 Å². The van der Waals surface area contributed by atoms with E-state index in [2.05, 4.69) is 28.9 Å². The van der Waals surface area contributed by atoms with E-state index in [4.69, 9.17) is 0 Å². The number of esters is 1. The van der Waals surface area contributed by atoms with Gasteiger partial charge in [-0.1, -0.05) is 6.58 Å². The second kappa shape index (κ2) is 5.59. The van der Waals surface area contributed by atoms with Crippen LogP contribution in [0.1, 0.15) is 6.92 Å². The maximum absolute atomic E-state index is 11.1. The predicted octanol–water partition coefficient (Wildman–Crippen LogP) is 0.0599. The molecular formula is C8H11NO4S. The minimum atomic E-state index is -1.61. The Morgan fingerprint density at radius 2 is 2.36 bits per heavy atom. The topological polar surface area (TPSA) is 76.0 Å². The van der Waals surface area contributed by atoms with Crippen LogP contribution in [0.15, 0.2) is 17.1 Å². The second-order valence-electron chi connectivity index (χ2n) is 2.61. The van der Waals surface area contributed by atoms with Gasteiger partial charge in [0.05, 0.1) is 12.1 Å². The molecule has 0 heterocycles. The van der Waals surface area contributed by atoms with E-state index in [1.54, 1.807) is 0 Å². The molecule has 0 saturated carbocycles. The number of isocyanates is 1. The normalized spacial score (nSPS) is 13.6. The minimum absolute atomic E-state index is 0.0389. The summed E-state index contributed by atoms with van der Waals surface area (Å²) in [4.78, 5) is 22.3. The number of carbonyl (C=O) groups is 1. The monoisotopic (exact) mass is 217 g/mol. The van der Waals surface area contributed by atoms with Crippen molar-refractivity contribution in [1.82, 2.24) is 0 Å². The molecule has 0 aliphatic heterocycles. The molecule has 0 bridgehead atoms. The number of nitrogens with zero attached hydrogens (tertiary/aromatic N) is 1. The van der Waals surface area contributed by atoms with Gasteiger partial charge < -0.3 is 9.84 Å². The van der Waals surface area contributed by atoms with Crippen molar-refractivity contribution in [1.29, 1.82) is 0 Å². The first-order chi connectivity index (χ1) is 6.39. The van der Waals surface area contributed by atoms with Crippen LogP contribution >= 0.6 is 12.6 Å². The number of hydrogen-bond acceptors (Lipinski definition) is 6. The lowest BCUT2D eigenvalue weighted by Gasteiger charge is -2.17. The van der Waals surface area contributed by atoms with Crippen LogP contribution in [0.4, 0.5) is 0 Å². The average Bonchev–Trinajstić information content (AvgIpc) is 2.09. The van der Waals surface area contributed by atoms with Crippen LogP contribution < -0.4 is 0 Å². The maximum Gasteiger partial charge on any atom is 0.337 e. The fraction of sp³-hybridized carbons (Fsp3) is 0.500. The quantitative estimate of drug-likeness (QED) is 0.130. The minimum Gasteiger partial charge on any atom is -0.460 e. The zero-order chi connectivity index (χ0) is 11.2. The van der Waals surface area contributed by atoms with Gasteiger partial charge in [0.15, 0.2) is 0 Å². The van der Waals surface area contributed by atoms with Gasteiger partial charge in [0.2, 0.25) is 6.08 Å². The molecule has 78 valence electrons. The largest absolute Gasteiger partial charge is 0.460 e. The lowest BCUT2D eigenvalue weighted by atomic mass is 10.2. The Hall–Kier alpha value is -1.10. The highest BCUT2D eigenvalue weighted by molar-refractivity contribution is 7.81. The Balaban J connectivity index is 3.98. The summed E-state index contributed by atoms with van der Waals surface area (Å²) in [5.41, 5.74) is -0.170. The summed E-state index contributed by atoms with van der Waals surface area (Å²) in [6.07, 6.45) is 1.30. The number of rotatable bonds is 5. The highest BCUT2D eigenvalue weighted by Gasteiger charge is 2.25. The highest BCUT2D eigenvalue weighted by Crippen LogP contribution is 2.19. The molecule has 6 heteroatoms. The van der Waals surface area contributed by atoms with Crippen LogP contribution in [-0.4, -0.2) is 35.2 Å². The summed E-state index contributed by atoms with van der Waals surface area (Å²) in [7, 11) is 0. The Kier molecular flexibility index (Phi) is 5.15. The zero-order valence-corrected chi connectivity index (χ0v) is 8.58. The van der Waals surface area contributed by atoms with Gasteiger partial charge in [-0.05, 0) is 6.92 Å². The molecule has 14 heavy (non-hydrogen) atoms. The van der Waals surface area contributed by atoms with E-state index in [-0.39, 0.29) is 18.7 Å². The lowest BCUT2D eigenvalue weighted by molar-refractivity contribution is -0.140. The van der Waals surface area contributed by atoms with Gasteiger partial charge in [-0.3, -0.25) is 0 Å². The Labute approximate surface area is 86.9 Å². The third kappa shape index (κ3) is 4.81. The Morgan fingerprint density at radius 1 is 1.79 bits per heavy atom. The molecule has 0 rings (SSSR count). The number of thiol groups is 1. The first-order valence-electron chi connectivity index (χ1n) is 3.74. The molecule has 1 atom stereocenters. The highest BCUT2D eigenvalue weighted by atomic mass is 32.1. The second-order valence-corrected chi connectivity index (χ2v) is 3.48. The van der Waals surface area contributed by atoms with E-state index >= 15 is 0 Å². The van der Waals surface area contributed by atoms with Crippen molar-refractivity contribution in [3.63, 3.8) is 0 Å². The molecule has 0 aromatic carbocycles. The molecule has 0 spiro atoms. The van der Waals surface area contributed by atoms with E-state index in [0.717, 1.165) is 0 Å². The van der Waals surface area contributed by atoms with E-state index in [1.807, 2.05) is 0 Å². The third-order valence-corrected chi connectivity index (χ3v) is 1.59. The molecule has 0 aliphatic rings. The van der Waals surface area contributed by atoms with Crippen molar-refractivity contribution in [2.45, 2.75) is 11.9 Å². The molecule has 0 aromatic heterocycles. The van der Waals surface area contributed by atoms with Crippen LogP contribution in [-0.2, 0) is 14.3 Å². The number of hydrogen-bond donors (Lipinski definition) is 2. The maximum atomic E-state index is 11.1. The van der Waals surface area contributed by atoms with Crippen molar-refractivity contribution in [3.8, 4) is 0 Å². The average molecular weight is 217 g/mol. The van der Waals surface area contributed by atoms with Crippen molar-refractivity contribution in [3.05, 3.63) is 12.2 Å². The van der Waals surface area contributed by atoms with Crippen molar-refractivity contribution in [2.24, 2.45) is 4.99 Å². The first kappa shape index (κ1) is 12.9. The van der Waals surface area contributed by atoms with E-state index in [1.165, 1.54) is 13.0 Å². The van der Waals surface area contributed by atoms with Crippen LogP contribution in [0.2, 0.25) is 0 Å². The molecule has 0 saturated heterocycles. The van der Waals surface area contributed by atoms with Crippen LogP contribution in [0, 0.1) is 0 Å². The summed E-state index contributed by atoms with van der Waals surface area (Å²) in [5.74, 6) is -0.772. The van der Waals surface area contributed by atoms with Gasteiger partial charge in [-0.15, -0.1) is 12.6 Å². The van der Waals surface area contributed by atoms with Crippen LogP contribution in [0.3, 0.4) is 0 Å². The number of aliphatic hydroxyl groups is 1. The van der Waals surface area contributed by atoms with Crippen molar-refractivity contribution >= 4 is 24.7 Å². The number of ether oxygens (including phenoxy) is 1. The van der Waals surface area contributed by atoms with Gasteiger partial charge in [-0.2, -0.15) is 0 Å². The third-order valence-electron chi connectivity index (χ3n) is 1.32. The molecule has 1 unspecified atom stereocenters. The predicted molar refractivity (Wildman–Crippen MR) is 52.7 cm³/mol. The van der Waals surface area contributed by atoms with E-state index < -0.39 is 10.9 Å². The fourth-order valence-corrected chi connectivity index (χ4v) is 0.601. The van der Waals surface area contributed by atoms with Crippen LogP contribution in [0.25, 0.3) is 0 Å². The van der Waals surface area contributed by atoms with Gasteiger partial charge in [-0.25, -0.2) is 14.6 Å². The Morgan fingerprint density at radius 3 is 2.79 bits per heavy atom. The van der Waals surface area contributed by atoms with Gasteiger partial charge in [0.25, 0.3) is 0 Å². The van der Waals surface area contributed by atoms with Gasteiger partial charge in [0.1, 0.15) is 11.5 Å². The number of carbonyl (C=O) groups excluding carboxylic acids is 2. The molecule has 0 aromatic rings. The summed E-state index contributed by atoms with van der Waals surface area (Å²) in [6.45, 7) is 4.59. The first-order valence-corrected chi connectivity index (χ1v) is 4.19. The summed E-state index contributed by atoms with van der Waals surface area (Å²) in [6, 6.07) is 0. The Bertz CT molecular complexity index is 276. The summed E-state index contributed by atoms with van der Waals surface area (Å²) < 4.78 is 4.61. The fourth-order valence-electron chi connectivity index (χ4n) is 0.510. The SMILES string of the molecule is C=C(C(=O)OCCN=C=O)C(C)(O)S. The molecule has 5 nitrogen and oxygen atoms in total. The van der Waals surface area contributed by atoms with E-state index in [0.29, 0.717) is 0 Å². The van der Waals surface area contributed by atoms with Crippen molar-refractivity contribution < 1.29 is 19.4 Å². The van der Waals surface area contributed by atoms with Gasteiger partial charge in [0, 0.05) is 0 Å². The standard InChI is InChI=1S/C8H11NO4S/c1-6(8(2,12)14)7(11)13-4-3-9-5-10/h12,14H,1,3-4H2,2H3. The zero-order valence-electron chi connectivity index (χ0n) is 7.69. The molecule has 0 fully saturated rings. The lowest BCUT2D eigenvalue weighted by Crippen LogP contribution is -2.26. The number of aliphatic imine (C=N–C) groups is 1.